The molecule has 18 heavy (non-hydrogen) atoms. The van der Waals surface area contributed by atoms with Crippen molar-refractivity contribution in [2.75, 3.05) is 6.26 Å². The molecule has 3 rings (SSSR count). The highest BCUT2D eigenvalue weighted by atomic mass is 79.9. The van der Waals surface area contributed by atoms with Crippen LogP contribution in [0.2, 0.25) is 0 Å². The van der Waals surface area contributed by atoms with Crippen molar-refractivity contribution < 1.29 is 0 Å². The molecule has 0 spiro atoms. The van der Waals surface area contributed by atoms with Crippen molar-refractivity contribution in [3.05, 3.63) is 53.3 Å². The van der Waals surface area contributed by atoms with E-state index in [2.05, 4.69) is 51.4 Å². The third kappa shape index (κ3) is 2.18. The van der Waals surface area contributed by atoms with E-state index in [4.69, 9.17) is 0 Å². The maximum atomic E-state index is 4.61. The highest BCUT2D eigenvalue weighted by Gasteiger charge is 2.04. The van der Waals surface area contributed by atoms with Crippen molar-refractivity contribution in [1.82, 2.24) is 9.38 Å². The molecule has 0 N–H and O–H groups in total. The van der Waals surface area contributed by atoms with E-state index in [0.29, 0.717) is 0 Å². The number of pyridine rings is 1. The van der Waals surface area contributed by atoms with Gasteiger partial charge in [-0.2, -0.15) is 0 Å². The molecule has 0 atom stereocenters. The SMILES string of the molecule is CSc1ccc(-c2cn3cc(Br)ccc3n2)cc1. The van der Waals surface area contributed by atoms with Crippen LogP contribution in [0.1, 0.15) is 0 Å². The van der Waals surface area contributed by atoms with Crippen LogP contribution in [-0.2, 0) is 0 Å². The minimum absolute atomic E-state index is 0.960. The van der Waals surface area contributed by atoms with Crippen molar-refractivity contribution in [3.63, 3.8) is 0 Å². The zero-order valence-electron chi connectivity index (χ0n) is 9.80. The zero-order valence-corrected chi connectivity index (χ0v) is 12.2. The van der Waals surface area contributed by atoms with Gasteiger partial charge in [-0.05, 0) is 46.5 Å². The Morgan fingerprint density at radius 2 is 1.83 bits per heavy atom. The molecule has 0 unspecified atom stereocenters. The van der Waals surface area contributed by atoms with E-state index in [1.165, 1.54) is 4.90 Å². The smallest absolute Gasteiger partial charge is 0.137 e. The zero-order chi connectivity index (χ0) is 12.5. The molecule has 0 amide bonds. The first kappa shape index (κ1) is 11.8. The fourth-order valence-corrected chi connectivity index (χ4v) is 2.63. The number of nitrogens with zero attached hydrogens (tertiary/aromatic N) is 2. The molecule has 0 saturated carbocycles. The second-order valence-corrected chi connectivity index (χ2v) is 5.76. The standard InChI is InChI=1S/C14H11BrN2S/c1-18-12-5-2-10(3-6-12)13-9-17-8-11(15)4-7-14(17)16-13/h2-9H,1H3. The molecule has 0 aliphatic carbocycles. The molecular weight excluding hydrogens is 308 g/mol. The summed E-state index contributed by atoms with van der Waals surface area (Å²) in [6.07, 6.45) is 6.15. The topological polar surface area (TPSA) is 17.3 Å². The number of hydrogen-bond donors (Lipinski definition) is 0. The molecule has 2 aromatic heterocycles. The van der Waals surface area contributed by atoms with Crippen LogP contribution in [0, 0.1) is 0 Å². The van der Waals surface area contributed by atoms with Crippen LogP contribution in [-0.4, -0.2) is 15.6 Å². The molecular formula is C14H11BrN2S. The maximum Gasteiger partial charge on any atom is 0.137 e. The Morgan fingerprint density at radius 3 is 2.56 bits per heavy atom. The van der Waals surface area contributed by atoms with Crippen LogP contribution in [0.25, 0.3) is 16.9 Å². The first-order valence-corrected chi connectivity index (χ1v) is 7.57. The Kier molecular flexibility index (Phi) is 3.14. The van der Waals surface area contributed by atoms with Gasteiger partial charge in [-0.25, -0.2) is 4.98 Å². The predicted molar refractivity (Wildman–Crippen MR) is 80.1 cm³/mol. The molecule has 0 bridgehead atoms. The average molecular weight is 319 g/mol. The highest BCUT2D eigenvalue weighted by molar-refractivity contribution is 9.10. The lowest BCUT2D eigenvalue weighted by molar-refractivity contribution is 1.17. The van der Waals surface area contributed by atoms with Gasteiger partial charge in [-0.15, -0.1) is 11.8 Å². The molecule has 2 heterocycles. The van der Waals surface area contributed by atoms with Gasteiger partial charge in [0.05, 0.1) is 5.69 Å². The monoisotopic (exact) mass is 318 g/mol. The molecule has 0 fully saturated rings. The van der Waals surface area contributed by atoms with Gasteiger partial charge in [0.25, 0.3) is 0 Å². The lowest BCUT2D eigenvalue weighted by Crippen LogP contribution is -1.80. The van der Waals surface area contributed by atoms with E-state index in [1.54, 1.807) is 11.8 Å². The van der Waals surface area contributed by atoms with Gasteiger partial charge in [0.1, 0.15) is 5.65 Å². The molecule has 0 aliphatic rings. The minimum Gasteiger partial charge on any atom is -0.305 e. The van der Waals surface area contributed by atoms with Gasteiger partial charge >= 0.3 is 0 Å². The molecule has 0 radical (unpaired) electrons. The Labute approximate surface area is 118 Å². The fraction of sp³-hybridized carbons (Fsp3) is 0.0714. The third-order valence-corrected chi connectivity index (χ3v) is 4.01. The van der Waals surface area contributed by atoms with Gasteiger partial charge in [0, 0.05) is 27.3 Å². The molecule has 90 valence electrons. The largest absolute Gasteiger partial charge is 0.305 e. The summed E-state index contributed by atoms with van der Waals surface area (Å²) in [5, 5.41) is 0. The van der Waals surface area contributed by atoms with Crippen molar-refractivity contribution in [2.45, 2.75) is 4.90 Å². The quantitative estimate of drug-likeness (QED) is 0.648. The normalized spacial score (nSPS) is 11.0. The number of halogens is 1. The summed E-state index contributed by atoms with van der Waals surface area (Å²) in [6.45, 7) is 0. The number of fused-ring (bicyclic) bond motifs is 1. The van der Waals surface area contributed by atoms with Crippen molar-refractivity contribution >= 4 is 33.3 Å². The third-order valence-electron chi connectivity index (χ3n) is 2.80. The fourth-order valence-electron chi connectivity index (χ4n) is 1.87. The van der Waals surface area contributed by atoms with Crippen LogP contribution in [0.5, 0.6) is 0 Å². The summed E-state index contributed by atoms with van der Waals surface area (Å²) < 4.78 is 3.08. The van der Waals surface area contributed by atoms with E-state index in [-0.39, 0.29) is 0 Å². The molecule has 3 aromatic rings. The second kappa shape index (κ2) is 4.78. The number of benzene rings is 1. The Balaban J connectivity index is 2.07. The summed E-state index contributed by atoms with van der Waals surface area (Å²) in [5.74, 6) is 0. The van der Waals surface area contributed by atoms with Gasteiger partial charge in [-0.1, -0.05) is 12.1 Å². The number of hydrogen-bond acceptors (Lipinski definition) is 2. The van der Waals surface area contributed by atoms with Crippen LogP contribution >= 0.6 is 27.7 Å². The first-order chi connectivity index (χ1) is 8.76. The summed E-state index contributed by atoms with van der Waals surface area (Å²) >= 11 is 5.21. The van der Waals surface area contributed by atoms with Gasteiger partial charge in [0.2, 0.25) is 0 Å². The van der Waals surface area contributed by atoms with Gasteiger partial charge in [-0.3, -0.25) is 0 Å². The average Bonchev–Trinajstić information content (AvgIpc) is 2.81. The van der Waals surface area contributed by atoms with E-state index >= 15 is 0 Å². The molecule has 2 nitrogen and oxygen atoms in total. The van der Waals surface area contributed by atoms with Crippen molar-refractivity contribution in [3.8, 4) is 11.3 Å². The summed E-state index contributed by atoms with van der Waals surface area (Å²) in [4.78, 5) is 5.88. The number of aromatic nitrogens is 2. The van der Waals surface area contributed by atoms with Crippen molar-refractivity contribution in [2.24, 2.45) is 0 Å². The van der Waals surface area contributed by atoms with Gasteiger partial charge < -0.3 is 4.40 Å². The summed E-state index contributed by atoms with van der Waals surface area (Å²) in [6, 6.07) is 12.5. The first-order valence-electron chi connectivity index (χ1n) is 5.55. The number of rotatable bonds is 2. The molecule has 1 aromatic carbocycles. The van der Waals surface area contributed by atoms with E-state index in [1.807, 2.05) is 28.9 Å². The Bertz CT molecular complexity index is 689. The second-order valence-electron chi connectivity index (χ2n) is 3.97. The lowest BCUT2D eigenvalue weighted by atomic mass is 10.2. The van der Waals surface area contributed by atoms with Gasteiger partial charge in [0.15, 0.2) is 0 Å². The van der Waals surface area contributed by atoms with E-state index in [9.17, 15) is 0 Å². The van der Waals surface area contributed by atoms with E-state index < -0.39 is 0 Å². The predicted octanol–water partition coefficient (Wildman–Crippen LogP) is 4.49. The van der Waals surface area contributed by atoms with Crippen LogP contribution in [0.3, 0.4) is 0 Å². The van der Waals surface area contributed by atoms with Crippen LogP contribution < -0.4 is 0 Å². The molecule has 0 aliphatic heterocycles. The molecule has 0 saturated heterocycles. The van der Waals surface area contributed by atoms with Crippen LogP contribution in [0.4, 0.5) is 0 Å². The highest BCUT2D eigenvalue weighted by Crippen LogP contribution is 2.23. The Hall–Kier alpha value is -1.26. The number of imidazole rings is 1. The number of thioether (sulfide) groups is 1. The summed E-state index contributed by atoms with van der Waals surface area (Å²) in [7, 11) is 0. The van der Waals surface area contributed by atoms with E-state index in [0.717, 1.165) is 21.4 Å². The summed E-state index contributed by atoms with van der Waals surface area (Å²) in [5.41, 5.74) is 3.11. The minimum atomic E-state index is 0.960. The Morgan fingerprint density at radius 1 is 1.06 bits per heavy atom. The maximum absolute atomic E-state index is 4.61. The lowest BCUT2D eigenvalue weighted by Gasteiger charge is -1.98. The molecule has 4 heteroatoms. The van der Waals surface area contributed by atoms with Crippen LogP contribution in [0.15, 0.2) is 58.2 Å². The van der Waals surface area contributed by atoms with Crippen molar-refractivity contribution in [1.29, 1.82) is 0 Å².